The van der Waals surface area contributed by atoms with Crippen LogP contribution in [-0.4, -0.2) is 56.6 Å². The number of carbonyl (C=O) groups is 3. The third kappa shape index (κ3) is 2.82. The number of hydrogen-bond donors (Lipinski definition) is 2. The predicted molar refractivity (Wildman–Crippen MR) is 87.6 cm³/mol. The van der Waals surface area contributed by atoms with Gasteiger partial charge in [-0.05, 0) is 26.0 Å². The monoisotopic (exact) mass is 350 g/mol. The van der Waals surface area contributed by atoms with E-state index in [4.69, 9.17) is 4.74 Å². The largest absolute Gasteiger partial charge is 0.484 e. The first-order valence-corrected chi connectivity index (χ1v) is 8.39. The molecule has 1 aromatic carbocycles. The molecular weight excluding hydrogens is 332 g/mol. The van der Waals surface area contributed by atoms with Crippen LogP contribution in [0, 0.1) is 0 Å². The minimum atomic E-state index is -1.03. The van der Waals surface area contributed by atoms with Gasteiger partial charge in [-0.25, -0.2) is 4.79 Å². The van der Waals surface area contributed by atoms with Crippen LogP contribution in [0.15, 0.2) is 30.3 Å². The molecule has 2 amide bonds. The van der Waals surface area contributed by atoms with Crippen LogP contribution in [0.3, 0.4) is 0 Å². The number of β-lactam (4-membered cyclic amide) rings is 1. The van der Waals surface area contributed by atoms with Crippen LogP contribution < -0.4 is 10.1 Å². The zero-order valence-electron chi connectivity index (χ0n) is 13.3. The van der Waals surface area contributed by atoms with Gasteiger partial charge >= 0.3 is 5.97 Å². The van der Waals surface area contributed by atoms with Crippen LogP contribution >= 0.6 is 11.8 Å². The maximum Gasteiger partial charge on any atom is 0.327 e. The zero-order chi connectivity index (χ0) is 17.5. The number of nitrogens with one attached hydrogen (secondary N) is 1. The normalized spacial score (nSPS) is 27.2. The quantitative estimate of drug-likeness (QED) is 0.759. The molecule has 1 aromatic rings. The van der Waals surface area contributed by atoms with Crippen molar-refractivity contribution in [2.75, 3.05) is 6.61 Å². The SMILES string of the molecule is CC1(C)S[C@@H]2C(NC(=O)COc3ccccc3)C(=O)N2C1C(=O)O. The van der Waals surface area contributed by atoms with Crippen molar-refractivity contribution in [3.63, 3.8) is 0 Å². The Morgan fingerprint density at radius 2 is 2.00 bits per heavy atom. The fourth-order valence-electron chi connectivity index (χ4n) is 3.03. The summed E-state index contributed by atoms with van der Waals surface area (Å²) in [6.45, 7) is 3.38. The molecule has 2 N–H and O–H groups in total. The van der Waals surface area contributed by atoms with Crippen LogP contribution in [0.2, 0.25) is 0 Å². The number of para-hydroxylation sites is 1. The van der Waals surface area contributed by atoms with Gasteiger partial charge in [0, 0.05) is 4.75 Å². The summed E-state index contributed by atoms with van der Waals surface area (Å²) in [6, 6.07) is 7.31. The van der Waals surface area contributed by atoms with Crippen LogP contribution in [0.1, 0.15) is 13.8 Å². The molecule has 2 fully saturated rings. The molecule has 0 spiro atoms. The first-order valence-electron chi connectivity index (χ1n) is 7.51. The van der Waals surface area contributed by atoms with E-state index >= 15 is 0 Å². The fraction of sp³-hybridized carbons (Fsp3) is 0.438. The van der Waals surface area contributed by atoms with Gasteiger partial charge < -0.3 is 20.1 Å². The van der Waals surface area contributed by atoms with Crippen molar-refractivity contribution in [2.24, 2.45) is 0 Å². The molecular formula is C16H18N2O5S. The smallest absolute Gasteiger partial charge is 0.327 e. The maximum absolute atomic E-state index is 12.2. The van der Waals surface area contributed by atoms with Gasteiger partial charge in [-0.2, -0.15) is 0 Å². The van der Waals surface area contributed by atoms with E-state index < -0.39 is 28.7 Å². The summed E-state index contributed by atoms with van der Waals surface area (Å²) < 4.78 is 4.74. The van der Waals surface area contributed by atoms with Crippen molar-refractivity contribution in [2.45, 2.75) is 36.1 Å². The third-order valence-electron chi connectivity index (χ3n) is 4.10. The second-order valence-electron chi connectivity index (χ2n) is 6.25. The van der Waals surface area contributed by atoms with E-state index in [0.717, 1.165) is 0 Å². The van der Waals surface area contributed by atoms with Crippen molar-refractivity contribution in [1.82, 2.24) is 10.2 Å². The topological polar surface area (TPSA) is 95.9 Å². The highest BCUT2D eigenvalue weighted by Gasteiger charge is 2.64. The molecule has 2 aliphatic heterocycles. The number of nitrogens with zero attached hydrogens (tertiary/aromatic N) is 1. The highest BCUT2D eigenvalue weighted by molar-refractivity contribution is 8.01. The Hall–Kier alpha value is -2.22. The Labute approximate surface area is 143 Å². The van der Waals surface area contributed by atoms with Crippen molar-refractivity contribution in [1.29, 1.82) is 0 Å². The second kappa shape index (κ2) is 6.01. The van der Waals surface area contributed by atoms with E-state index in [-0.39, 0.29) is 17.9 Å². The predicted octanol–water partition coefficient (Wildman–Crippen LogP) is 0.697. The molecule has 0 bridgehead atoms. The lowest BCUT2D eigenvalue weighted by Gasteiger charge is -2.43. The van der Waals surface area contributed by atoms with E-state index in [1.165, 1.54) is 16.7 Å². The van der Waals surface area contributed by atoms with E-state index in [9.17, 15) is 19.5 Å². The number of thioether (sulfide) groups is 1. The summed E-state index contributed by atoms with van der Waals surface area (Å²) in [4.78, 5) is 37.0. The molecule has 2 aliphatic rings. The summed E-state index contributed by atoms with van der Waals surface area (Å²) in [6.07, 6.45) is 0. The average Bonchev–Trinajstić information content (AvgIpc) is 2.80. The van der Waals surface area contributed by atoms with E-state index in [1.54, 1.807) is 38.1 Å². The number of rotatable bonds is 5. The number of aliphatic carboxylic acids is 1. The highest BCUT2D eigenvalue weighted by atomic mass is 32.2. The van der Waals surface area contributed by atoms with Crippen LogP contribution in [-0.2, 0) is 14.4 Å². The Balaban J connectivity index is 1.59. The zero-order valence-corrected chi connectivity index (χ0v) is 14.1. The number of carboxylic acid groups (broad SMARTS) is 1. The molecule has 3 atom stereocenters. The molecule has 0 radical (unpaired) electrons. The van der Waals surface area contributed by atoms with Crippen molar-refractivity contribution >= 4 is 29.5 Å². The van der Waals surface area contributed by atoms with Gasteiger partial charge in [0.25, 0.3) is 5.91 Å². The Bertz CT molecular complexity index is 678. The minimum absolute atomic E-state index is 0.197. The van der Waals surface area contributed by atoms with Gasteiger partial charge in [-0.3, -0.25) is 9.59 Å². The molecule has 0 aliphatic carbocycles. The van der Waals surface area contributed by atoms with Crippen LogP contribution in [0.25, 0.3) is 0 Å². The number of hydrogen-bond acceptors (Lipinski definition) is 5. The molecule has 0 saturated carbocycles. The number of carboxylic acids is 1. The van der Waals surface area contributed by atoms with Gasteiger partial charge in [0.2, 0.25) is 5.91 Å². The highest BCUT2D eigenvalue weighted by Crippen LogP contribution is 2.50. The number of ether oxygens (including phenoxy) is 1. The molecule has 0 aromatic heterocycles. The Kier molecular flexibility index (Phi) is 4.16. The van der Waals surface area contributed by atoms with E-state index in [2.05, 4.69) is 5.32 Å². The van der Waals surface area contributed by atoms with Gasteiger partial charge in [-0.15, -0.1) is 11.8 Å². The molecule has 2 heterocycles. The van der Waals surface area contributed by atoms with E-state index in [0.29, 0.717) is 5.75 Å². The van der Waals surface area contributed by atoms with Crippen LogP contribution in [0.4, 0.5) is 0 Å². The molecule has 3 rings (SSSR count). The Morgan fingerprint density at radius 1 is 1.33 bits per heavy atom. The van der Waals surface area contributed by atoms with E-state index in [1.807, 2.05) is 6.07 Å². The van der Waals surface area contributed by atoms with Gasteiger partial charge in [0.1, 0.15) is 23.2 Å². The summed E-state index contributed by atoms with van der Waals surface area (Å²) >= 11 is 1.39. The molecule has 8 heteroatoms. The molecule has 2 unspecified atom stereocenters. The van der Waals surface area contributed by atoms with Crippen molar-refractivity contribution < 1.29 is 24.2 Å². The lowest BCUT2D eigenvalue weighted by atomic mass is 9.96. The average molecular weight is 350 g/mol. The number of amides is 2. The second-order valence-corrected chi connectivity index (χ2v) is 8.02. The summed E-state index contributed by atoms with van der Waals surface area (Å²) in [5.41, 5.74) is 0. The number of benzene rings is 1. The van der Waals surface area contributed by atoms with Crippen molar-refractivity contribution in [3.05, 3.63) is 30.3 Å². The number of fused-ring (bicyclic) bond motifs is 1. The molecule has 24 heavy (non-hydrogen) atoms. The first-order chi connectivity index (χ1) is 11.3. The van der Waals surface area contributed by atoms with Crippen LogP contribution in [0.5, 0.6) is 5.75 Å². The molecule has 2 saturated heterocycles. The van der Waals surface area contributed by atoms with Crippen molar-refractivity contribution in [3.8, 4) is 5.75 Å². The Morgan fingerprint density at radius 3 is 2.62 bits per heavy atom. The molecule has 128 valence electrons. The lowest BCUT2D eigenvalue weighted by Crippen LogP contribution is -2.70. The van der Waals surface area contributed by atoms with Gasteiger partial charge in [0.05, 0.1) is 0 Å². The third-order valence-corrected chi connectivity index (χ3v) is 5.68. The van der Waals surface area contributed by atoms with Gasteiger partial charge in [0.15, 0.2) is 6.61 Å². The number of carbonyl (C=O) groups excluding carboxylic acids is 2. The fourth-order valence-corrected chi connectivity index (χ4v) is 4.65. The minimum Gasteiger partial charge on any atom is -0.484 e. The summed E-state index contributed by atoms with van der Waals surface area (Å²) in [5, 5.41) is 11.6. The van der Waals surface area contributed by atoms with Gasteiger partial charge in [-0.1, -0.05) is 18.2 Å². The molecule has 7 nitrogen and oxygen atoms in total. The summed E-state index contributed by atoms with van der Waals surface area (Å²) in [7, 11) is 0. The standard InChI is InChI=1S/C16H18N2O5S/c1-16(2)12(15(21)22)18-13(20)11(14(18)24-16)17-10(19)8-23-9-6-4-3-5-7-9/h3-7,11-12,14H,8H2,1-2H3,(H,17,19)(H,21,22)/t11?,12?,14-/m1/s1. The first kappa shape index (κ1) is 16.6. The summed E-state index contributed by atoms with van der Waals surface area (Å²) in [5.74, 6) is -1.23. The lowest BCUT2D eigenvalue weighted by molar-refractivity contribution is -0.161. The maximum atomic E-state index is 12.2.